The zero-order valence-corrected chi connectivity index (χ0v) is 37.7. The van der Waals surface area contributed by atoms with Crippen molar-refractivity contribution in [2.45, 2.75) is 24.7 Å². The molecule has 0 saturated heterocycles. The molecule has 10 aromatic carbocycles. The number of anilines is 3. The van der Waals surface area contributed by atoms with Gasteiger partial charge in [-0.1, -0.05) is 202 Å². The summed E-state index contributed by atoms with van der Waals surface area (Å²) in [6.07, 6.45) is 0. The van der Waals surface area contributed by atoms with Crippen molar-refractivity contribution in [2.24, 2.45) is 0 Å². The van der Waals surface area contributed by atoms with Crippen molar-refractivity contribution in [1.82, 2.24) is 0 Å². The van der Waals surface area contributed by atoms with E-state index in [2.05, 4.69) is 255 Å². The Balaban J connectivity index is 1.000. The van der Waals surface area contributed by atoms with E-state index in [0.717, 1.165) is 17.1 Å². The molecule has 1 nitrogen and oxygen atoms in total. The molecule has 0 aliphatic heterocycles. The minimum atomic E-state index is -0.433. The summed E-state index contributed by atoms with van der Waals surface area (Å²) in [5, 5.41) is 2.54. The third kappa shape index (κ3) is 5.65. The van der Waals surface area contributed by atoms with Crippen LogP contribution in [0.25, 0.3) is 64.7 Å². The van der Waals surface area contributed by atoms with Crippen LogP contribution in [-0.4, -0.2) is 0 Å². The molecule has 1 aromatic heterocycles. The Morgan fingerprint density at radius 2 is 0.818 bits per heavy atom. The Hall–Kier alpha value is -7.78. The van der Waals surface area contributed by atoms with Crippen LogP contribution in [-0.2, 0) is 10.8 Å². The third-order valence-electron chi connectivity index (χ3n) is 14.6. The standard InChI is InChI=1S/C64H45NS/c1-63(2)54-26-12-14-28-56(54)64(57-29-15-13-27-55(57)63)53-25-11-9-23-50(53)62-49(24-17-30-58(62)64)45-34-38-60-51(40-45)52-41-47(37-39-61(52)66-60)65(46-35-32-43(33-36-46)42-18-5-3-6-19-42)59-31-16-10-22-48(59)44-20-7-4-8-21-44/h3-41H,1-2H3. The highest BCUT2D eigenvalue weighted by molar-refractivity contribution is 7.25. The maximum atomic E-state index is 2.46. The molecule has 13 rings (SSSR count). The van der Waals surface area contributed by atoms with Crippen LogP contribution in [0.4, 0.5) is 17.1 Å². The average Bonchev–Trinajstić information content (AvgIpc) is 3.90. The summed E-state index contributed by atoms with van der Waals surface area (Å²) in [6.45, 7) is 4.79. The molecule has 2 aliphatic carbocycles. The Morgan fingerprint density at radius 3 is 1.52 bits per heavy atom. The number of fused-ring (bicyclic) bond motifs is 12. The molecule has 312 valence electrons. The molecule has 0 saturated carbocycles. The first-order valence-corrected chi connectivity index (χ1v) is 23.8. The van der Waals surface area contributed by atoms with Gasteiger partial charge in [-0.2, -0.15) is 0 Å². The van der Waals surface area contributed by atoms with Crippen molar-refractivity contribution in [3.05, 3.63) is 270 Å². The molecule has 1 heterocycles. The predicted octanol–water partition coefficient (Wildman–Crippen LogP) is 17.5. The van der Waals surface area contributed by atoms with Crippen LogP contribution in [0.3, 0.4) is 0 Å². The molecule has 0 N–H and O–H groups in total. The van der Waals surface area contributed by atoms with E-state index in [0.29, 0.717) is 0 Å². The van der Waals surface area contributed by atoms with Crippen molar-refractivity contribution in [3.63, 3.8) is 0 Å². The fourth-order valence-corrected chi connectivity index (χ4v) is 12.7. The number of para-hydroxylation sites is 1. The van der Waals surface area contributed by atoms with Crippen LogP contribution in [0.15, 0.2) is 237 Å². The number of thiophene rings is 1. The van der Waals surface area contributed by atoms with Gasteiger partial charge in [0, 0.05) is 42.5 Å². The van der Waals surface area contributed by atoms with Gasteiger partial charge in [-0.25, -0.2) is 0 Å². The Kier molecular flexibility index (Phi) is 8.72. The molecule has 0 fully saturated rings. The first-order valence-electron chi connectivity index (χ1n) is 23.0. The van der Waals surface area contributed by atoms with E-state index in [-0.39, 0.29) is 5.41 Å². The van der Waals surface area contributed by atoms with Gasteiger partial charge in [0.1, 0.15) is 0 Å². The first-order chi connectivity index (χ1) is 32.5. The van der Waals surface area contributed by atoms with E-state index in [1.54, 1.807) is 0 Å². The van der Waals surface area contributed by atoms with Gasteiger partial charge in [-0.05, 0) is 121 Å². The molecule has 11 aromatic rings. The summed E-state index contributed by atoms with van der Waals surface area (Å²) in [4.78, 5) is 2.44. The fraction of sp³-hybridized carbons (Fsp3) is 0.0625. The van der Waals surface area contributed by atoms with Gasteiger partial charge in [-0.3, -0.25) is 0 Å². The monoisotopic (exact) mass is 859 g/mol. The number of rotatable bonds is 6. The SMILES string of the molecule is CC1(C)c2ccccc2C2(c3ccccc3-c3c(-c4ccc5sc6ccc(N(c7ccc(-c8ccccc8)cc7)c7ccccc7-c7ccccc7)cc6c5c4)cccc32)c2ccccc21. The Labute approximate surface area is 390 Å². The quantitative estimate of drug-likeness (QED) is 0.161. The third-order valence-corrected chi connectivity index (χ3v) is 15.7. The van der Waals surface area contributed by atoms with Crippen molar-refractivity contribution >= 4 is 48.6 Å². The maximum absolute atomic E-state index is 2.46. The highest BCUT2D eigenvalue weighted by Gasteiger charge is 2.53. The van der Waals surface area contributed by atoms with E-state index in [1.807, 2.05) is 11.3 Å². The maximum Gasteiger partial charge on any atom is 0.0719 e. The van der Waals surface area contributed by atoms with Crippen LogP contribution in [0.2, 0.25) is 0 Å². The lowest BCUT2D eigenvalue weighted by Gasteiger charge is -2.46. The van der Waals surface area contributed by atoms with Gasteiger partial charge in [0.25, 0.3) is 0 Å². The van der Waals surface area contributed by atoms with Gasteiger partial charge >= 0.3 is 0 Å². The molecule has 0 unspecified atom stereocenters. The summed E-state index contributed by atoms with van der Waals surface area (Å²) in [7, 11) is 0. The minimum absolute atomic E-state index is 0.136. The van der Waals surface area contributed by atoms with Gasteiger partial charge in [0.05, 0.1) is 11.1 Å². The largest absolute Gasteiger partial charge is 0.310 e. The van der Waals surface area contributed by atoms with Crippen LogP contribution in [0.1, 0.15) is 47.2 Å². The lowest BCUT2D eigenvalue weighted by Crippen LogP contribution is -2.40. The topological polar surface area (TPSA) is 3.24 Å². The molecule has 66 heavy (non-hydrogen) atoms. The molecule has 2 aliphatic rings. The summed E-state index contributed by atoms with van der Waals surface area (Å²) >= 11 is 1.87. The summed E-state index contributed by atoms with van der Waals surface area (Å²) in [5.74, 6) is 0. The summed E-state index contributed by atoms with van der Waals surface area (Å²) < 4.78 is 2.57. The van der Waals surface area contributed by atoms with E-state index in [4.69, 9.17) is 0 Å². The van der Waals surface area contributed by atoms with Gasteiger partial charge in [0.2, 0.25) is 0 Å². The number of benzene rings is 10. The van der Waals surface area contributed by atoms with Crippen LogP contribution in [0.5, 0.6) is 0 Å². The van der Waals surface area contributed by atoms with Gasteiger partial charge in [0.15, 0.2) is 0 Å². The van der Waals surface area contributed by atoms with E-state index >= 15 is 0 Å². The number of nitrogens with zero attached hydrogens (tertiary/aromatic N) is 1. The lowest BCUT2D eigenvalue weighted by atomic mass is 9.55. The highest BCUT2D eigenvalue weighted by Crippen LogP contribution is 2.63. The van der Waals surface area contributed by atoms with Crippen LogP contribution in [0, 0.1) is 0 Å². The molecular formula is C64H45NS. The molecular weight excluding hydrogens is 815 g/mol. The summed E-state index contributed by atoms with van der Waals surface area (Å²) in [5.41, 5.74) is 21.0. The van der Waals surface area contributed by atoms with Gasteiger partial charge < -0.3 is 4.90 Å². The molecule has 0 amide bonds. The normalized spacial score (nSPS) is 13.8. The molecule has 1 spiro atoms. The second kappa shape index (κ2) is 14.9. The van der Waals surface area contributed by atoms with Crippen molar-refractivity contribution in [1.29, 1.82) is 0 Å². The van der Waals surface area contributed by atoms with Crippen LogP contribution >= 0.6 is 11.3 Å². The summed E-state index contributed by atoms with van der Waals surface area (Å²) in [6, 6.07) is 88.1. The zero-order chi connectivity index (χ0) is 44.0. The smallest absolute Gasteiger partial charge is 0.0719 e. The highest BCUT2D eigenvalue weighted by atomic mass is 32.1. The van der Waals surface area contributed by atoms with E-state index < -0.39 is 5.41 Å². The first kappa shape index (κ1) is 38.7. The minimum Gasteiger partial charge on any atom is -0.310 e. The number of hydrogen-bond donors (Lipinski definition) is 0. The second-order valence-electron chi connectivity index (χ2n) is 18.4. The van der Waals surface area contributed by atoms with Crippen molar-refractivity contribution in [2.75, 3.05) is 4.90 Å². The average molecular weight is 860 g/mol. The van der Waals surface area contributed by atoms with Crippen LogP contribution < -0.4 is 4.90 Å². The molecule has 0 atom stereocenters. The van der Waals surface area contributed by atoms with Crippen molar-refractivity contribution < 1.29 is 0 Å². The van der Waals surface area contributed by atoms with E-state index in [1.165, 1.54) is 98.1 Å². The Morgan fingerprint density at radius 1 is 0.333 bits per heavy atom. The molecule has 0 radical (unpaired) electrons. The van der Waals surface area contributed by atoms with Crippen molar-refractivity contribution in [3.8, 4) is 44.5 Å². The van der Waals surface area contributed by atoms with Gasteiger partial charge in [-0.15, -0.1) is 11.3 Å². The molecule has 0 bridgehead atoms. The zero-order valence-electron chi connectivity index (χ0n) is 36.9. The molecule has 2 heteroatoms. The number of hydrogen-bond acceptors (Lipinski definition) is 2. The lowest BCUT2D eigenvalue weighted by molar-refractivity contribution is 0.563. The fourth-order valence-electron chi connectivity index (χ4n) is 11.6. The Bertz CT molecular complexity index is 3620. The second-order valence-corrected chi connectivity index (χ2v) is 19.4. The predicted molar refractivity (Wildman–Crippen MR) is 280 cm³/mol. The van der Waals surface area contributed by atoms with E-state index in [9.17, 15) is 0 Å².